The van der Waals surface area contributed by atoms with Gasteiger partial charge in [-0.2, -0.15) is 5.10 Å². The molecule has 1 amide bonds. The fourth-order valence-electron chi connectivity index (χ4n) is 3.14. The third-order valence-electron chi connectivity index (χ3n) is 4.49. The molecule has 21 heavy (non-hydrogen) atoms. The Bertz CT molecular complexity index is 495. The van der Waals surface area contributed by atoms with Crippen LogP contribution in [-0.2, 0) is 18.3 Å². The van der Waals surface area contributed by atoms with Crippen LogP contribution in [0.1, 0.15) is 36.7 Å². The lowest BCUT2D eigenvalue weighted by atomic mass is 10.0. The number of nitrogens with zero attached hydrogens (tertiary/aromatic N) is 3. The molecular formula is C16H28N4O. The number of piperidine rings is 1. The molecule has 1 atom stereocenters. The summed E-state index contributed by atoms with van der Waals surface area (Å²) in [5.74, 6) is 0.884. The van der Waals surface area contributed by atoms with E-state index in [4.69, 9.17) is 0 Å². The highest BCUT2D eigenvalue weighted by atomic mass is 16.1. The summed E-state index contributed by atoms with van der Waals surface area (Å²) in [6.45, 7) is 10.3. The van der Waals surface area contributed by atoms with Crippen LogP contribution in [0.25, 0.3) is 0 Å². The molecule has 0 radical (unpaired) electrons. The highest BCUT2D eigenvalue weighted by Gasteiger charge is 2.16. The molecule has 0 bridgehead atoms. The van der Waals surface area contributed by atoms with E-state index in [-0.39, 0.29) is 5.91 Å². The number of carbonyl (C=O) groups excluding carboxylic acids is 1. The largest absolute Gasteiger partial charge is 0.355 e. The van der Waals surface area contributed by atoms with E-state index in [0.29, 0.717) is 6.42 Å². The number of hydrogen-bond acceptors (Lipinski definition) is 3. The summed E-state index contributed by atoms with van der Waals surface area (Å²) in [4.78, 5) is 14.5. The maximum absolute atomic E-state index is 12.1. The van der Waals surface area contributed by atoms with Crippen molar-refractivity contribution in [3.05, 3.63) is 17.0 Å². The van der Waals surface area contributed by atoms with Gasteiger partial charge in [-0.3, -0.25) is 9.48 Å². The van der Waals surface area contributed by atoms with Gasteiger partial charge in [0.1, 0.15) is 0 Å². The lowest BCUT2D eigenvalue weighted by Gasteiger charge is -2.30. The first-order chi connectivity index (χ1) is 9.97. The van der Waals surface area contributed by atoms with E-state index in [0.717, 1.165) is 42.5 Å². The van der Waals surface area contributed by atoms with E-state index in [9.17, 15) is 4.79 Å². The Morgan fingerprint density at radius 3 is 2.81 bits per heavy atom. The first kappa shape index (κ1) is 16.0. The Hall–Kier alpha value is -1.36. The predicted octanol–water partition coefficient (Wildman–Crippen LogP) is 1.43. The van der Waals surface area contributed by atoms with E-state index < -0.39 is 0 Å². The van der Waals surface area contributed by atoms with Crippen molar-refractivity contribution in [1.29, 1.82) is 0 Å². The monoisotopic (exact) mass is 292 g/mol. The minimum atomic E-state index is 0.0965. The van der Waals surface area contributed by atoms with Crippen LogP contribution in [0.2, 0.25) is 0 Å². The van der Waals surface area contributed by atoms with Crippen molar-refractivity contribution < 1.29 is 4.79 Å². The normalized spacial score (nSPS) is 19.7. The summed E-state index contributed by atoms with van der Waals surface area (Å²) in [5.41, 5.74) is 3.09. The van der Waals surface area contributed by atoms with Gasteiger partial charge in [0.15, 0.2) is 0 Å². The molecule has 0 unspecified atom stereocenters. The van der Waals surface area contributed by atoms with Crippen molar-refractivity contribution in [2.75, 3.05) is 26.2 Å². The molecule has 118 valence electrons. The maximum Gasteiger partial charge on any atom is 0.224 e. The molecule has 5 nitrogen and oxygen atoms in total. The molecule has 1 aromatic heterocycles. The Morgan fingerprint density at radius 1 is 1.43 bits per heavy atom. The molecular weight excluding hydrogens is 264 g/mol. The molecule has 1 aliphatic heterocycles. The lowest BCUT2D eigenvalue weighted by Crippen LogP contribution is -2.40. The fourth-order valence-corrected chi connectivity index (χ4v) is 3.14. The minimum absolute atomic E-state index is 0.0965. The van der Waals surface area contributed by atoms with Gasteiger partial charge >= 0.3 is 0 Å². The first-order valence-electron chi connectivity index (χ1n) is 7.95. The molecule has 1 aromatic rings. The third-order valence-corrected chi connectivity index (χ3v) is 4.49. The van der Waals surface area contributed by atoms with E-state index >= 15 is 0 Å². The molecule has 1 fully saturated rings. The zero-order valence-electron chi connectivity index (χ0n) is 13.8. The van der Waals surface area contributed by atoms with Crippen molar-refractivity contribution in [3.63, 3.8) is 0 Å². The molecule has 5 heteroatoms. The summed E-state index contributed by atoms with van der Waals surface area (Å²) >= 11 is 0. The zero-order valence-corrected chi connectivity index (χ0v) is 13.8. The van der Waals surface area contributed by atoms with Crippen LogP contribution in [0, 0.1) is 19.8 Å². The summed E-state index contributed by atoms with van der Waals surface area (Å²) in [6, 6.07) is 0. The van der Waals surface area contributed by atoms with Gasteiger partial charge in [-0.1, -0.05) is 6.92 Å². The topological polar surface area (TPSA) is 50.2 Å². The van der Waals surface area contributed by atoms with Crippen LogP contribution in [0.5, 0.6) is 0 Å². The van der Waals surface area contributed by atoms with Gasteiger partial charge in [-0.05, 0) is 39.2 Å². The van der Waals surface area contributed by atoms with E-state index in [1.54, 1.807) is 0 Å². The predicted molar refractivity (Wildman–Crippen MR) is 84.2 cm³/mol. The second kappa shape index (κ2) is 7.07. The molecule has 0 saturated carbocycles. The van der Waals surface area contributed by atoms with Gasteiger partial charge in [0.05, 0.1) is 12.1 Å². The van der Waals surface area contributed by atoms with Crippen molar-refractivity contribution in [1.82, 2.24) is 20.0 Å². The molecule has 2 heterocycles. The Morgan fingerprint density at radius 2 is 2.19 bits per heavy atom. The van der Waals surface area contributed by atoms with Crippen LogP contribution >= 0.6 is 0 Å². The Kier molecular flexibility index (Phi) is 5.39. The van der Waals surface area contributed by atoms with Crippen molar-refractivity contribution in [2.45, 2.75) is 40.0 Å². The number of aryl methyl sites for hydroxylation is 2. The van der Waals surface area contributed by atoms with Gasteiger partial charge in [0.2, 0.25) is 5.91 Å². The number of likely N-dealkylation sites (tertiary alicyclic amines) is 1. The highest BCUT2D eigenvalue weighted by Crippen LogP contribution is 2.15. The fraction of sp³-hybridized carbons (Fsp3) is 0.750. The lowest BCUT2D eigenvalue weighted by molar-refractivity contribution is -0.120. The minimum Gasteiger partial charge on any atom is -0.355 e. The van der Waals surface area contributed by atoms with Gasteiger partial charge < -0.3 is 10.2 Å². The number of amides is 1. The van der Waals surface area contributed by atoms with Gasteiger partial charge in [0, 0.05) is 37.9 Å². The molecule has 1 saturated heterocycles. The van der Waals surface area contributed by atoms with Crippen molar-refractivity contribution in [3.8, 4) is 0 Å². The number of nitrogens with one attached hydrogen (secondary N) is 1. The average Bonchev–Trinajstić information content (AvgIpc) is 2.65. The second-order valence-corrected chi connectivity index (χ2v) is 6.35. The molecule has 0 spiro atoms. The van der Waals surface area contributed by atoms with E-state index in [2.05, 4.69) is 22.2 Å². The Labute approximate surface area is 127 Å². The van der Waals surface area contributed by atoms with Crippen molar-refractivity contribution >= 4 is 5.91 Å². The summed E-state index contributed by atoms with van der Waals surface area (Å²) in [6.07, 6.45) is 3.05. The summed E-state index contributed by atoms with van der Waals surface area (Å²) in [5, 5.41) is 7.39. The van der Waals surface area contributed by atoms with E-state index in [1.165, 1.54) is 19.4 Å². The summed E-state index contributed by atoms with van der Waals surface area (Å²) in [7, 11) is 1.92. The van der Waals surface area contributed by atoms with Gasteiger partial charge in [-0.15, -0.1) is 0 Å². The van der Waals surface area contributed by atoms with Gasteiger partial charge in [-0.25, -0.2) is 0 Å². The zero-order chi connectivity index (χ0) is 15.4. The molecule has 2 rings (SSSR count). The van der Waals surface area contributed by atoms with E-state index in [1.807, 2.05) is 25.6 Å². The van der Waals surface area contributed by atoms with Crippen LogP contribution < -0.4 is 5.32 Å². The van der Waals surface area contributed by atoms with Gasteiger partial charge in [0.25, 0.3) is 0 Å². The second-order valence-electron chi connectivity index (χ2n) is 6.35. The Balaban J connectivity index is 1.75. The first-order valence-corrected chi connectivity index (χ1v) is 7.95. The number of aromatic nitrogens is 2. The number of carbonyl (C=O) groups is 1. The quantitative estimate of drug-likeness (QED) is 0.893. The smallest absolute Gasteiger partial charge is 0.224 e. The van der Waals surface area contributed by atoms with Crippen LogP contribution in [0.3, 0.4) is 0 Å². The maximum atomic E-state index is 12.1. The molecule has 0 aliphatic carbocycles. The highest BCUT2D eigenvalue weighted by molar-refractivity contribution is 5.79. The van der Waals surface area contributed by atoms with Crippen LogP contribution in [0.4, 0.5) is 0 Å². The average molecular weight is 292 g/mol. The molecule has 1 aliphatic rings. The standard InChI is InChI=1S/C16H28N4O/c1-12-6-5-8-20(11-12)9-7-17-16(21)10-15-13(2)18-19(4)14(15)3/h12H,5-11H2,1-4H3,(H,17,21)/t12-/m1/s1. The summed E-state index contributed by atoms with van der Waals surface area (Å²) < 4.78 is 1.84. The molecule has 0 aromatic carbocycles. The van der Waals surface area contributed by atoms with Crippen LogP contribution in [0.15, 0.2) is 0 Å². The third kappa shape index (κ3) is 4.30. The SMILES string of the molecule is Cc1nn(C)c(C)c1CC(=O)NCCN1CCC[C@@H](C)C1. The number of rotatable bonds is 5. The molecule has 1 N–H and O–H groups in total. The van der Waals surface area contributed by atoms with Crippen LogP contribution in [-0.4, -0.2) is 46.8 Å². The number of hydrogen-bond donors (Lipinski definition) is 1. The van der Waals surface area contributed by atoms with Crippen molar-refractivity contribution in [2.24, 2.45) is 13.0 Å².